The Hall–Kier alpha value is -1.77. The molecule has 9 heteroatoms. The van der Waals surface area contributed by atoms with Crippen molar-refractivity contribution in [2.24, 2.45) is 0 Å². The van der Waals surface area contributed by atoms with Crippen molar-refractivity contribution in [2.45, 2.75) is 5.16 Å². The van der Waals surface area contributed by atoms with Crippen LogP contribution in [0.3, 0.4) is 0 Å². The van der Waals surface area contributed by atoms with E-state index in [1.165, 1.54) is 0 Å². The quantitative estimate of drug-likeness (QED) is 0.615. The Labute approximate surface area is 78.7 Å². The molecule has 3 N–H and O–H groups in total. The first-order valence-corrected chi connectivity index (χ1v) is 5.15. The van der Waals surface area contributed by atoms with Crippen molar-refractivity contribution < 1.29 is 18.3 Å². The van der Waals surface area contributed by atoms with Gasteiger partial charge < -0.3 is 10.8 Å². The average Bonchev–Trinajstić information content (AvgIpc) is 2.01. The highest BCUT2D eigenvalue weighted by molar-refractivity contribution is 7.90. The van der Waals surface area contributed by atoms with Crippen LogP contribution in [0.5, 0.6) is 0 Å². The minimum atomic E-state index is -3.63. The second-order valence-corrected chi connectivity index (χ2v) is 4.32. The lowest BCUT2D eigenvalue weighted by Crippen LogP contribution is -2.14. The number of nitrogen functional groups attached to an aromatic ring is 1. The topological polar surface area (TPSA) is 136 Å². The van der Waals surface area contributed by atoms with E-state index in [-0.39, 0.29) is 0 Å². The minimum absolute atomic E-state index is 0.479. The Balaban J connectivity index is 3.34. The standard InChI is InChI=1S/C5H6N4O4S/c1-14(12,13)5-7-3(6)2(4(10)11)8-9-5/h1H3,(H,10,11)(H2,6,7,9). The second-order valence-electron chi connectivity index (χ2n) is 2.41. The Morgan fingerprint density at radius 1 is 1.43 bits per heavy atom. The number of carboxylic acid groups (broad SMARTS) is 1. The van der Waals surface area contributed by atoms with E-state index >= 15 is 0 Å². The van der Waals surface area contributed by atoms with Crippen LogP contribution in [-0.2, 0) is 9.84 Å². The molecule has 0 amide bonds. The SMILES string of the molecule is CS(=O)(=O)c1nnc(C(=O)O)c(N)n1. The molecule has 76 valence electrons. The van der Waals surface area contributed by atoms with Crippen molar-refractivity contribution in [3.63, 3.8) is 0 Å². The molecule has 0 aliphatic rings. The van der Waals surface area contributed by atoms with E-state index in [0.717, 1.165) is 6.26 Å². The van der Waals surface area contributed by atoms with E-state index in [4.69, 9.17) is 10.8 Å². The van der Waals surface area contributed by atoms with Gasteiger partial charge in [-0.3, -0.25) is 0 Å². The van der Waals surface area contributed by atoms with Gasteiger partial charge in [0.25, 0.3) is 5.16 Å². The van der Waals surface area contributed by atoms with Gasteiger partial charge in [-0.2, -0.15) is 4.98 Å². The van der Waals surface area contributed by atoms with Gasteiger partial charge in [-0.15, -0.1) is 10.2 Å². The molecule has 0 aliphatic heterocycles. The summed E-state index contributed by atoms with van der Waals surface area (Å²) >= 11 is 0. The van der Waals surface area contributed by atoms with E-state index in [0.29, 0.717) is 0 Å². The van der Waals surface area contributed by atoms with Crippen LogP contribution in [0.15, 0.2) is 5.16 Å². The summed E-state index contributed by atoms with van der Waals surface area (Å²) in [6.07, 6.45) is 0.865. The lowest BCUT2D eigenvalue weighted by Gasteiger charge is -1.99. The van der Waals surface area contributed by atoms with E-state index in [9.17, 15) is 13.2 Å². The van der Waals surface area contributed by atoms with Gasteiger partial charge >= 0.3 is 5.97 Å². The fraction of sp³-hybridized carbons (Fsp3) is 0.200. The van der Waals surface area contributed by atoms with Crippen molar-refractivity contribution in [2.75, 3.05) is 12.0 Å². The zero-order valence-corrected chi connectivity index (χ0v) is 7.82. The van der Waals surface area contributed by atoms with Crippen molar-refractivity contribution in [3.8, 4) is 0 Å². The molecule has 0 saturated carbocycles. The second kappa shape index (κ2) is 3.18. The minimum Gasteiger partial charge on any atom is -0.476 e. The Kier molecular flexibility index (Phi) is 2.34. The molecule has 0 spiro atoms. The highest BCUT2D eigenvalue weighted by Gasteiger charge is 2.17. The molecule has 0 bridgehead atoms. The zero-order chi connectivity index (χ0) is 10.9. The molecule has 0 aromatic carbocycles. The summed E-state index contributed by atoms with van der Waals surface area (Å²) in [6, 6.07) is 0. The van der Waals surface area contributed by atoms with Crippen molar-refractivity contribution in [3.05, 3.63) is 5.69 Å². The summed E-state index contributed by atoms with van der Waals surface area (Å²) in [7, 11) is -3.63. The Bertz CT molecular complexity index is 483. The van der Waals surface area contributed by atoms with Gasteiger partial charge in [-0.25, -0.2) is 13.2 Å². The fourth-order valence-corrected chi connectivity index (χ4v) is 1.09. The summed E-state index contributed by atoms with van der Waals surface area (Å²) in [4.78, 5) is 13.7. The predicted molar refractivity (Wildman–Crippen MR) is 44.3 cm³/mol. The van der Waals surface area contributed by atoms with Crippen LogP contribution in [0.2, 0.25) is 0 Å². The Morgan fingerprint density at radius 3 is 2.36 bits per heavy atom. The number of rotatable bonds is 2. The maximum absolute atomic E-state index is 10.9. The molecule has 14 heavy (non-hydrogen) atoms. The molecule has 0 unspecified atom stereocenters. The highest BCUT2D eigenvalue weighted by atomic mass is 32.2. The van der Waals surface area contributed by atoms with Gasteiger partial charge in [-0.05, 0) is 0 Å². The van der Waals surface area contributed by atoms with Crippen LogP contribution in [-0.4, -0.2) is 40.9 Å². The molecular weight excluding hydrogens is 212 g/mol. The lowest BCUT2D eigenvalue weighted by atomic mass is 10.4. The molecule has 0 aliphatic carbocycles. The summed E-state index contributed by atoms with van der Waals surface area (Å²) in [5, 5.41) is 14.1. The number of nitrogens with two attached hydrogens (primary N) is 1. The molecule has 0 atom stereocenters. The normalized spacial score (nSPS) is 11.2. The summed E-state index contributed by atoms with van der Waals surface area (Å²) < 4.78 is 21.8. The average molecular weight is 218 g/mol. The number of hydrogen-bond acceptors (Lipinski definition) is 7. The van der Waals surface area contributed by atoms with Crippen LogP contribution >= 0.6 is 0 Å². The van der Waals surface area contributed by atoms with Crippen LogP contribution in [0.4, 0.5) is 5.82 Å². The predicted octanol–water partition coefficient (Wildman–Crippen LogP) is -1.44. The van der Waals surface area contributed by atoms with Crippen LogP contribution < -0.4 is 5.73 Å². The van der Waals surface area contributed by atoms with Crippen molar-refractivity contribution in [1.82, 2.24) is 15.2 Å². The molecule has 1 aromatic rings. The van der Waals surface area contributed by atoms with E-state index in [1.807, 2.05) is 0 Å². The summed E-state index contributed by atoms with van der Waals surface area (Å²) in [5.41, 5.74) is 4.59. The molecule has 0 saturated heterocycles. The number of aromatic nitrogens is 3. The van der Waals surface area contributed by atoms with Gasteiger partial charge in [-0.1, -0.05) is 0 Å². The molecule has 1 aromatic heterocycles. The summed E-state index contributed by atoms with van der Waals surface area (Å²) in [6.45, 7) is 0. The van der Waals surface area contributed by atoms with Gasteiger partial charge in [0.15, 0.2) is 5.82 Å². The third kappa shape index (κ3) is 1.93. The summed E-state index contributed by atoms with van der Waals surface area (Å²) in [5.74, 6) is -1.89. The lowest BCUT2D eigenvalue weighted by molar-refractivity contribution is 0.0689. The third-order valence-electron chi connectivity index (χ3n) is 1.23. The van der Waals surface area contributed by atoms with Crippen molar-refractivity contribution >= 4 is 21.6 Å². The fourth-order valence-electron chi connectivity index (χ4n) is 0.632. The number of anilines is 1. The molecule has 8 nitrogen and oxygen atoms in total. The monoisotopic (exact) mass is 218 g/mol. The van der Waals surface area contributed by atoms with Gasteiger partial charge in [0.2, 0.25) is 15.5 Å². The Morgan fingerprint density at radius 2 is 2.00 bits per heavy atom. The molecule has 0 fully saturated rings. The van der Waals surface area contributed by atoms with Crippen LogP contribution in [0, 0.1) is 0 Å². The number of aromatic carboxylic acids is 1. The van der Waals surface area contributed by atoms with Crippen LogP contribution in [0.25, 0.3) is 0 Å². The van der Waals surface area contributed by atoms with Gasteiger partial charge in [0.05, 0.1) is 0 Å². The third-order valence-corrected chi connectivity index (χ3v) is 2.06. The first kappa shape index (κ1) is 10.3. The number of sulfone groups is 1. The number of carboxylic acids is 1. The van der Waals surface area contributed by atoms with E-state index in [2.05, 4.69) is 15.2 Å². The maximum atomic E-state index is 10.9. The molecule has 1 heterocycles. The number of carbonyl (C=O) groups is 1. The van der Waals surface area contributed by atoms with E-state index < -0.39 is 32.5 Å². The molecule has 1 rings (SSSR count). The van der Waals surface area contributed by atoms with Crippen molar-refractivity contribution in [1.29, 1.82) is 0 Å². The first-order chi connectivity index (χ1) is 6.32. The van der Waals surface area contributed by atoms with Crippen LogP contribution in [0.1, 0.15) is 10.5 Å². The first-order valence-electron chi connectivity index (χ1n) is 3.26. The smallest absolute Gasteiger partial charge is 0.360 e. The zero-order valence-electron chi connectivity index (χ0n) is 7.00. The number of hydrogen-bond donors (Lipinski definition) is 2. The number of nitrogens with zero attached hydrogens (tertiary/aromatic N) is 3. The van der Waals surface area contributed by atoms with Gasteiger partial charge in [0.1, 0.15) is 0 Å². The van der Waals surface area contributed by atoms with E-state index in [1.54, 1.807) is 0 Å². The molecule has 0 radical (unpaired) electrons. The van der Waals surface area contributed by atoms with Gasteiger partial charge in [0, 0.05) is 6.26 Å². The largest absolute Gasteiger partial charge is 0.476 e. The maximum Gasteiger partial charge on any atom is 0.360 e. The highest BCUT2D eigenvalue weighted by Crippen LogP contribution is 2.06. The molecular formula is C5H6N4O4S.